The molecule has 0 heterocycles. The predicted octanol–water partition coefficient (Wildman–Crippen LogP) is 0.209. The van der Waals surface area contributed by atoms with Crippen LogP contribution in [-0.2, 0) is 9.59 Å². The summed E-state index contributed by atoms with van der Waals surface area (Å²) in [7, 11) is 0. The molecular formula is C8H13NO4. The Morgan fingerprint density at radius 2 is 2.00 bits per heavy atom. The average molecular weight is 187 g/mol. The number of carboxylic acids is 2. The fourth-order valence-electron chi connectivity index (χ4n) is 0.884. The molecule has 0 fully saturated rings. The summed E-state index contributed by atoms with van der Waals surface area (Å²) >= 11 is 0. The maximum atomic E-state index is 10.7. The normalized spacial score (nSPS) is 14.5. The Hall–Kier alpha value is -1.36. The van der Waals surface area contributed by atoms with Gasteiger partial charge in [0.05, 0.1) is 0 Å². The van der Waals surface area contributed by atoms with Crippen LogP contribution in [0.5, 0.6) is 0 Å². The Kier molecular flexibility index (Phi) is 4.13. The van der Waals surface area contributed by atoms with Crippen molar-refractivity contribution in [2.24, 2.45) is 5.73 Å². The molecular weight excluding hydrogens is 174 g/mol. The number of carboxylic acid groups (broad SMARTS) is 2. The van der Waals surface area contributed by atoms with E-state index in [0.717, 1.165) is 0 Å². The van der Waals surface area contributed by atoms with E-state index in [9.17, 15) is 9.59 Å². The summed E-state index contributed by atoms with van der Waals surface area (Å²) in [6.45, 7) is 3.36. The molecule has 4 N–H and O–H groups in total. The molecule has 0 aliphatic rings. The second-order valence-corrected chi connectivity index (χ2v) is 2.85. The zero-order valence-electron chi connectivity index (χ0n) is 7.19. The van der Waals surface area contributed by atoms with Gasteiger partial charge in [0.25, 0.3) is 0 Å². The Labute approximate surface area is 75.9 Å². The molecule has 0 aromatic carbocycles. The molecule has 0 amide bonds. The van der Waals surface area contributed by atoms with Gasteiger partial charge in [-0.25, -0.2) is 0 Å². The van der Waals surface area contributed by atoms with Gasteiger partial charge in [0.2, 0.25) is 0 Å². The van der Waals surface area contributed by atoms with E-state index in [0.29, 0.717) is 0 Å². The first-order valence-corrected chi connectivity index (χ1v) is 3.77. The Morgan fingerprint density at radius 1 is 1.46 bits per heavy atom. The third-order valence-corrected chi connectivity index (χ3v) is 1.72. The molecule has 13 heavy (non-hydrogen) atoms. The third kappa shape index (κ3) is 3.71. The summed E-state index contributed by atoms with van der Waals surface area (Å²) in [5.74, 6) is -2.26. The monoisotopic (exact) mass is 187 g/mol. The highest BCUT2D eigenvalue weighted by molar-refractivity contribution is 5.79. The summed E-state index contributed by atoms with van der Waals surface area (Å²) in [6, 6.07) is 0. The lowest BCUT2D eigenvalue weighted by Gasteiger charge is -2.21. The van der Waals surface area contributed by atoms with Gasteiger partial charge in [0.1, 0.15) is 5.54 Å². The maximum Gasteiger partial charge on any atom is 0.324 e. The highest BCUT2D eigenvalue weighted by Gasteiger charge is 2.32. The predicted molar refractivity (Wildman–Crippen MR) is 46.2 cm³/mol. The van der Waals surface area contributed by atoms with Crippen LogP contribution in [0.25, 0.3) is 0 Å². The van der Waals surface area contributed by atoms with Crippen molar-refractivity contribution in [2.75, 3.05) is 0 Å². The first-order valence-electron chi connectivity index (χ1n) is 3.77. The highest BCUT2D eigenvalue weighted by Crippen LogP contribution is 2.15. The van der Waals surface area contributed by atoms with E-state index in [2.05, 4.69) is 6.58 Å². The van der Waals surface area contributed by atoms with Crippen molar-refractivity contribution in [3.63, 3.8) is 0 Å². The van der Waals surface area contributed by atoms with Crippen LogP contribution in [0.15, 0.2) is 12.7 Å². The zero-order valence-corrected chi connectivity index (χ0v) is 7.19. The van der Waals surface area contributed by atoms with Crippen molar-refractivity contribution in [1.29, 1.82) is 0 Å². The van der Waals surface area contributed by atoms with Crippen LogP contribution in [0.4, 0.5) is 0 Å². The lowest BCUT2D eigenvalue weighted by molar-refractivity contribution is -0.144. The van der Waals surface area contributed by atoms with Gasteiger partial charge in [-0.05, 0) is 12.8 Å². The van der Waals surface area contributed by atoms with Crippen LogP contribution in [0.2, 0.25) is 0 Å². The number of hydrogen-bond acceptors (Lipinski definition) is 3. The molecule has 0 radical (unpaired) electrons. The van der Waals surface area contributed by atoms with Gasteiger partial charge in [-0.1, -0.05) is 6.08 Å². The van der Waals surface area contributed by atoms with E-state index in [4.69, 9.17) is 15.9 Å². The summed E-state index contributed by atoms with van der Waals surface area (Å²) in [6.07, 6.45) is 1.09. The Balaban J connectivity index is 4.32. The molecule has 0 unspecified atom stereocenters. The van der Waals surface area contributed by atoms with Crippen molar-refractivity contribution in [1.82, 2.24) is 0 Å². The van der Waals surface area contributed by atoms with E-state index in [1.165, 1.54) is 6.08 Å². The minimum atomic E-state index is -1.50. The van der Waals surface area contributed by atoms with Gasteiger partial charge < -0.3 is 15.9 Å². The smallest absolute Gasteiger partial charge is 0.324 e. The van der Waals surface area contributed by atoms with Gasteiger partial charge >= 0.3 is 11.9 Å². The van der Waals surface area contributed by atoms with E-state index >= 15 is 0 Å². The number of aliphatic carboxylic acids is 2. The average Bonchev–Trinajstić information content (AvgIpc) is 2.01. The lowest BCUT2D eigenvalue weighted by atomic mass is 9.91. The summed E-state index contributed by atoms with van der Waals surface area (Å²) < 4.78 is 0. The number of nitrogens with two attached hydrogens (primary N) is 1. The molecule has 5 heteroatoms. The van der Waals surface area contributed by atoms with Crippen LogP contribution >= 0.6 is 0 Å². The van der Waals surface area contributed by atoms with Gasteiger partial charge in [0.15, 0.2) is 0 Å². The zero-order chi connectivity index (χ0) is 10.5. The molecule has 0 aliphatic carbocycles. The number of hydrogen-bond donors (Lipinski definition) is 3. The maximum absolute atomic E-state index is 10.7. The first kappa shape index (κ1) is 11.6. The number of rotatable bonds is 6. The molecule has 74 valence electrons. The van der Waals surface area contributed by atoms with E-state index in [1.807, 2.05) is 0 Å². The fraction of sp³-hybridized carbons (Fsp3) is 0.500. The Bertz CT molecular complexity index is 226. The number of carbonyl (C=O) groups is 2. The van der Waals surface area contributed by atoms with E-state index in [-0.39, 0.29) is 19.3 Å². The summed E-state index contributed by atoms with van der Waals surface area (Å²) in [4.78, 5) is 20.9. The van der Waals surface area contributed by atoms with Gasteiger partial charge in [0, 0.05) is 6.42 Å². The van der Waals surface area contributed by atoms with Crippen LogP contribution in [-0.4, -0.2) is 27.7 Å². The largest absolute Gasteiger partial charge is 0.481 e. The van der Waals surface area contributed by atoms with Crippen LogP contribution in [0.1, 0.15) is 19.3 Å². The van der Waals surface area contributed by atoms with Crippen LogP contribution in [0, 0.1) is 0 Å². The van der Waals surface area contributed by atoms with Crippen molar-refractivity contribution < 1.29 is 19.8 Å². The second kappa shape index (κ2) is 4.61. The first-order chi connectivity index (χ1) is 5.92. The summed E-state index contributed by atoms with van der Waals surface area (Å²) in [5.41, 5.74) is 3.97. The second-order valence-electron chi connectivity index (χ2n) is 2.85. The van der Waals surface area contributed by atoms with Gasteiger partial charge in [-0.3, -0.25) is 9.59 Å². The van der Waals surface area contributed by atoms with E-state index < -0.39 is 17.5 Å². The van der Waals surface area contributed by atoms with Crippen molar-refractivity contribution in [2.45, 2.75) is 24.8 Å². The lowest BCUT2D eigenvalue weighted by Crippen LogP contribution is -2.47. The topological polar surface area (TPSA) is 101 Å². The minimum absolute atomic E-state index is 0.0651. The standard InChI is InChI=1S/C8H13NO4/c1-2-4-8(9,7(12)13)5-3-6(10)11/h2H,1,3-5,9H2,(H,10,11)(H,12,13)/t8-/m0/s1. The van der Waals surface area contributed by atoms with Gasteiger partial charge in [-0.2, -0.15) is 0 Å². The quantitative estimate of drug-likeness (QED) is 0.516. The molecule has 0 aliphatic heterocycles. The molecule has 1 atom stereocenters. The molecule has 0 spiro atoms. The van der Waals surface area contributed by atoms with Crippen molar-refractivity contribution in [3.8, 4) is 0 Å². The SMILES string of the molecule is C=CC[C@](N)(CCC(=O)O)C(=O)O. The van der Waals surface area contributed by atoms with Gasteiger partial charge in [-0.15, -0.1) is 6.58 Å². The highest BCUT2D eigenvalue weighted by atomic mass is 16.4. The minimum Gasteiger partial charge on any atom is -0.481 e. The summed E-state index contributed by atoms with van der Waals surface area (Å²) in [5, 5.41) is 17.1. The van der Waals surface area contributed by atoms with E-state index in [1.54, 1.807) is 0 Å². The molecule has 0 saturated carbocycles. The van der Waals surface area contributed by atoms with Crippen molar-refractivity contribution >= 4 is 11.9 Å². The van der Waals surface area contributed by atoms with Crippen LogP contribution in [0.3, 0.4) is 0 Å². The van der Waals surface area contributed by atoms with Crippen LogP contribution < -0.4 is 5.73 Å². The fourth-order valence-corrected chi connectivity index (χ4v) is 0.884. The molecule has 5 nitrogen and oxygen atoms in total. The molecule has 0 rings (SSSR count). The third-order valence-electron chi connectivity index (χ3n) is 1.72. The van der Waals surface area contributed by atoms with Crippen molar-refractivity contribution in [3.05, 3.63) is 12.7 Å². The molecule has 0 aromatic heterocycles. The Morgan fingerprint density at radius 3 is 2.31 bits per heavy atom. The molecule has 0 aromatic rings. The molecule has 0 saturated heterocycles. The molecule has 0 bridgehead atoms.